The summed E-state index contributed by atoms with van der Waals surface area (Å²) in [6.45, 7) is 5.56. The zero-order valence-electron chi connectivity index (χ0n) is 16.3. The molecule has 0 fully saturated rings. The molecule has 0 aliphatic heterocycles. The van der Waals surface area contributed by atoms with Crippen molar-refractivity contribution in [3.63, 3.8) is 0 Å². The quantitative estimate of drug-likeness (QED) is 0.420. The van der Waals surface area contributed by atoms with E-state index in [-0.39, 0.29) is 11.7 Å². The summed E-state index contributed by atoms with van der Waals surface area (Å²) in [5.74, 6) is 0.0813. The van der Waals surface area contributed by atoms with Crippen molar-refractivity contribution in [2.45, 2.75) is 33.2 Å². The van der Waals surface area contributed by atoms with Crippen LogP contribution in [0, 0.1) is 5.92 Å². The van der Waals surface area contributed by atoms with Crippen LogP contribution in [0.1, 0.15) is 32.9 Å². The van der Waals surface area contributed by atoms with E-state index in [0.29, 0.717) is 12.3 Å². The Morgan fingerprint density at radius 1 is 1.15 bits per heavy atom. The maximum atomic E-state index is 11.8. The Morgan fingerprint density at radius 2 is 1.77 bits per heavy atom. The first-order valence-electron chi connectivity index (χ1n) is 8.80. The van der Waals surface area contributed by atoms with Gasteiger partial charge in [-0.25, -0.2) is 9.13 Å². The second kappa shape index (κ2) is 11.0. The van der Waals surface area contributed by atoms with Gasteiger partial charge in [0, 0.05) is 6.08 Å². The van der Waals surface area contributed by atoms with Crippen LogP contribution in [0.3, 0.4) is 0 Å². The lowest BCUT2D eigenvalue weighted by molar-refractivity contribution is -0.671. The van der Waals surface area contributed by atoms with Crippen molar-refractivity contribution in [2.75, 3.05) is 0 Å². The van der Waals surface area contributed by atoms with Crippen molar-refractivity contribution in [3.05, 3.63) is 60.8 Å². The summed E-state index contributed by atoms with van der Waals surface area (Å²) < 4.78 is 4.03. The minimum absolute atomic E-state index is 0.0162. The summed E-state index contributed by atoms with van der Waals surface area (Å²) in [6.07, 6.45) is 19.2. The van der Waals surface area contributed by atoms with E-state index in [1.165, 1.54) is 13.0 Å². The number of nitrogens with zero attached hydrogens (tertiary/aromatic N) is 2. The fourth-order valence-corrected chi connectivity index (χ4v) is 2.40. The van der Waals surface area contributed by atoms with Gasteiger partial charge in [-0.05, 0) is 25.3 Å². The van der Waals surface area contributed by atoms with Crippen LogP contribution < -0.4 is 9.88 Å². The number of allylic oxidation sites excluding steroid dienone is 6. The van der Waals surface area contributed by atoms with Crippen molar-refractivity contribution < 1.29 is 14.2 Å². The molecule has 1 aromatic heterocycles. The number of carbonyl (C=O) groups is 2. The molecule has 0 aromatic carbocycles. The molecular formula is C21H30N3O2+. The van der Waals surface area contributed by atoms with Gasteiger partial charge in [0.25, 0.3) is 0 Å². The summed E-state index contributed by atoms with van der Waals surface area (Å²) in [6, 6.07) is -0.416. The first kappa shape index (κ1) is 21.4. The first-order chi connectivity index (χ1) is 12.3. The number of nitrogens with one attached hydrogen (secondary N) is 1. The molecule has 5 heteroatoms. The zero-order chi connectivity index (χ0) is 19.5. The van der Waals surface area contributed by atoms with Crippen LogP contribution in [0.5, 0.6) is 0 Å². The number of ketones is 1. The Bertz CT molecular complexity index is 722. The molecule has 0 saturated heterocycles. The third-order valence-electron chi connectivity index (χ3n) is 3.68. The van der Waals surface area contributed by atoms with Gasteiger partial charge in [-0.3, -0.25) is 9.59 Å². The van der Waals surface area contributed by atoms with E-state index in [0.717, 1.165) is 5.69 Å². The molecule has 0 aliphatic carbocycles. The van der Waals surface area contributed by atoms with Gasteiger partial charge in [0.05, 0.1) is 20.1 Å². The van der Waals surface area contributed by atoms with Crippen LogP contribution >= 0.6 is 0 Å². The molecule has 1 atom stereocenters. The topological polar surface area (TPSA) is 55.0 Å². The van der Waals surface area contributed by atoms with E-state index in [1.54, 1.807) is 12.2 Å². The van der Waals surface area contributed by atoms with Crippen molar-refractivity contribution in [1.29, 1.82) is 0 Å². The fourth-order valence-electron chi connectivity index (χ4n) is 2.40. The van der Waals surface area contributed by atoms with E-state index in [2.05, 4.69) is 5.32 Å². The number of Topliss-reactive ketones (excluding diaryl/α,β-unsaturated/α-hetero) is 1. The Labute approximate surface area is 156 Å². The highest BCUT2D eigenvalue weighted by molar-refractivity contribution is 5.92. The average molecular weight is 356 g/mol. The van der Waals surface area contributed by atoms with Crippen LogP contribution in [-0.4, -0.2) is 22.3 Å². The highest BCUT2D eigenvalue weighted by Gasteiger charge is 2.16. The number of imidazole rings is 1. The monoisotopic (exact) mass is 356 g/mol. The smallest absolute Gasteiger partial charge is 0.244 e. The van der Waals surface area contributed by atoms with Gasteiger partial charge >= 0.3 is 0 Å². The van der Waals surface area contributed by atoms with E-state index in [4.69, 9.17) is 0 Å². The molecule has 140 valence electrons. The van der Waals surface area contributed by atoms with Crippen LogP contribution in [-0.2, 0) is 23.7 Å². The normalized spacial score (nSPS) is 13.6. The van der Waals surface area contributed by atoms with Crippen molar-refractivity contribution in [2.24, 2.45) is 20.0 Å². The molecule has 5 nitrogen and oxygen atoms in total. The lowest BCUT2D eigenvalue weighted by atomic mass is 10.0. The minimum Gasteiger partial charge on any atom is -0.343 e. The van der Waals surface area contributed by atoms with Gasteiger partial charge in [-0.1, -0.05) is 50.3 Å². The average Bonchev–Trinajstić information content (AvgIpc) is 2.86. The third kappa shape index (κ3) is 8.42. The Hall–Kier alpha value is -2.69. The molecule has 1 N–H and O–H groups in total. The van der Waals surface area contributed by atoms with E-state index < -0.39 is 6.04 Å². The molecule has 0 spiro atoms. The highest BCUT2D eigenvalue weighted by Crippen LogP contribution is 2.05. The van der Waals surface area contributed by atoms with Gasteiger partial charge in [-0.2, -0.15) is 0 Å². The lowest BCUT2D eigenvalue weighted by Crippen LogP contribution is -2.39. The number of aryl methyl sites for hydroxylation is 2. The van der Waals surface area contributed by atoms with Crippen molar-refractivity contribution in [3.8, 4) is 0 Å². The number of carbonyl (C=O) groups excluding carboxylic acids is 2. The van der Waals surface area contributed by atoms with Crippen LogP contribution in [0.2, 0.25) is 0 Å². The maximum absolute atomic E-state index is 11.8. The maximum Gasteiger partial charge on any atom is 0.244 e. The largest absolute Gasteiger partial charge is 0.343 e. The standard InChI is InChI=1S/C21H29N3O2/c1-17(2)14-20(18(3)25)22-21(26)13-11-9-7-6-8-10-12-19-15-23(4)16-24(19)5/h6-13,15-17,20H,14H2,1-5H3/p+1. The summed E-state index contributed by atoms with van der Waals surface area (Å²) >= 11 is 0. The SMILES string of the molecule is CC(=O)C(CC(C)C)NC(=O)C=CC=CC=CC=Cc1c[n+](C)cn1C. The van der Waals surface area contributed by atoms with Gasteiger partial charge in [-0.15, -0.1) is 0 Å². The molecule has 1 amide bonds. The summed E-state index contributed by atoms with van der Waals surface area (Å²) in [5, 5.41) is 2.74. The van der Waals surface area contributed by atoms with E-state index in [9.17, 15) is 9.59 Å². The van der Waals surface area contributed by atoms with Gasteiger partial charge in [0.2, 0.25) is 12.2 Å². The van der Waals surface area contributed by atoms with Crippen molar-refractivity contribution >= 4 is 17.8 Å². The van der Waals surface area contributed by atoms with Crippen LogP contribution in [0.15, 0.2) is 55.1 Å². The molecule has 1 heterocycles. The first-order valence-corrected chi connectivity index (χ1v) is 8.80. The van der Waals surface area contributed by atoms with Gasteiger partial charge in [0.1, 0.15) is 6.20 Å². The Balaban J connectivity index is 2.43. The predicted molar refractivity (Wildman–Crippen MR) is 105 cm³/mol. The van der Waals surface area contributed by atoms with Crippen LogP contribution in [0.4, 0.5) is 0 Å². The number of rotatable bonds is 9. The minimum atomic E-state index is -0.416. The second-order valence-corrected chi connectivity index (χ2v) is 6.74. The lowest BCUT2D eigenvalue weighted by Gasteiger charge is -2.16. The molecule has 0 aliphatic rings. The summed E-state index contributed by atoms with van der Waals surface area (Å²) in [7, 11) is 3.98. The van der Waals surface area contributed by atoms with Crippen LogP contribution in [0.25, 0.3) is 6.08 Å². The molecule has 1 unspecified atom stereocenters. The molecule has 0 saturated carbocycles. The van der Waals surface area contributed by atoms with Crippen molar-refractivity contribution in [1.82, 2.24) is 9.88 Å². The number of amides is 1. The number of aromatic nitrogens is 2. The molecule has 1 rings (SSSR count). The molecule has 1 aromatic rings. The number of hydrogen-bond donors (Lipinski definition) is 1. The fraction of sp³-hybridized carbons (Fsp3) is 0.381. The highest BCUT2D eigenvalue weighted by atomic mass is 16.2. The summed E-state index contributed by atoms with van der Waals surface area (Å²) in [4.78, 5) is 23.4. The summed E-state index contributed by atoms with van der Waals surface area (Å²) in [5.41, 5.74) is 1.11. The van der Waals surface area contributed by atoms with Gasteiger partial charge < -0.3 is 5.32 Å². The van der Waals surface area contributed by atoms with E-state index in [1.807, 2.05) is 80.0 Å². The Kier molecular flexibility index (Phi) is 9.06. The molecule has 0 bridgehead atoms. The third-order valence-corrected chi connectivity index (χ3v) is 3.68. The van der Waals surface area contributed by atoms with Gasteiger partial charge in [0.15, 0.2) is 11.5 Å². The predicted octanol–water partition coefficient (Wildman–Crippen LogP) is 2.65. The molecule has 26 heavy (non-hydrogen) atoms. The number of hydrogen-bond acceptors (Lipinski definition) is 2. The van der Waals surface area contributed by atoms with E-state index >= 15 is 0 Å². The Morgan fingerprint density at radius 3 is 2.31 bits per heavy atom. The molecular weight excluding hydrogens is 326 g/mol. The molecule has 0 radical (unpaired) electrons. The second-order valence-electron chi connectivity index (χ2n) is 6.74. The zero-order valence-corrected chi connectivity index (χ0v) is 16.3.